The fourth-order valence-electron chi connectivity index (χ4n) is 8.77. The number of hydrogen-bond donors (Lipinski definition) is 2. The summed E-state index contributed by atoms with van der Waals surface area (Å²) in [5.74, 6) is 0.371. The standard InChI is InChI=1S/C36H24N2/c1-3-11-23-19-31-29(17-21(23)9-1)35-33-25-13-5-7-15-27(25)34(28-16-8-6-14-26(28)33)36(35,37-31)30-18-22-10-2-4-12-24(22)20-32(30)38-35/h1-20,33-34,37-38H/t33?,34?,35-,36-/m0/s1. The molecule has 0 fully saturated rings. The minimum atomic E-state index is -0.334. The molecule has 0 aromatic heterocycles. The highest BCUT2D eigenvalue weighted by Gasteiger charge is 2.75. The second kappa shape index (κ2) is 6.28. The zero-order valence-electron chi connectivity index (χ0n) is 20.7. The Hall–Kier alpha value is -4.56. The van der Waals surface area contributed by atoms with Crippen LogP contribution in [0.4, 0.5) is 11.4 Å². The maximum absolute atomic E-state index is 4.27. The van der Waals surface area contributed by atoms with E-state index in [2.05, 4.69) is 132 Å². The lowest BCUT2D eigenvalue weighted by Crippen LogP contribution is -2.62. The molecule has 0 unspecified atom stereocenters. The number of nitrogens with one attached hydrogen (secondary N) is 2. The predicted molar refractivity (Wildman–Crippen MR) is 155 cm³/mol. The third-order valence-electron chi connectivity index (χ3n) is 10.0. The summed E-state index contributed by atoms with van der Waals surface area (Å²) in [4.78, 5) is 0. The Morgan fingerprint density at radius 2 is 0.711 bits per heavy atom. The highest BCUT2D eigenvalue weighted by Crippen LogP contribution is 2.76. The summed E-state index contributed by atoms with van der Waals surface area (Å²) in [6.45, 7) is 0. The second-order valence-corrected chi connectivity index (χ2v) is 11.5. The van der Waals surface area contributed by atoms with Crippen molar-refractivity contribution in [1.82, 2.24) is 0 Å². The minimum absolute atomic E-state index is 0.185. The molecule has 0 spiro atoms. The second-order valence-electron chi connectivity index (χ2n) is 11.5. The van der Waals surface area contributed by atoms with Crippen LogP contribution < -0.4 is 10.6 Å². The lowest BCUT2D eigenvalue weighted by atomic mass is 9.46. The fourth-order valence-corrected chi connectivity index (χ4v) is 8.77. The van der Waals surface area contributed by atoms with Crippen LogP contribution in [0.1, 0.15) is 45.2 Å². The van der Waals surface area contributed by atoms with Gasteiger partial charge in [0.25, 0.3) is 0 Å². The summed E-state index contributed by atoms with van der Waals surface area (Å²) in [6, 6.07) is 45.7. The van der Waals surface area contributed by atoms with Crippen molar-refractivity contribution >= 4 is 32.9 Å². The van der Waals surface area contributed by atoms with Gasteiger partial charge in [-0.2, -0.15) is 0 Å². The normalized spacial score (nSPS) is 26.5. The van der Waals surface area contributed by atoms with Gasteiger partial charge < -0.3 is 10.6 Å². The molecule has 2 atom stereocenters. The Balaban J connectivity index is 1.41. The molecule has 38 heavy (non-hydrogen) atoms. The number of rotatable bonds is 0. The van der Waals surface area contributed by atoms with Crippen LogP contribution in [0.2, 0.25) is 0 Å². The molecule has 0 saturated carbocycles. The first-order valence-electron chi connectivity index (χ1n) is 13.6. The maximum Gasteiger partial charge on any atom is 0.104 e. The van der Waals surface area contributed by atoms with E-state index in [4.69, 9.17) is 0 Å². The molecule has 6 aromatic rings. The molecular formula is C36H24N2. The van der Waals surface area contributed by atoms with Crippen molar-refractivity contribution in [1.29, 1.82) is 0 Å². The molecule has 0 radical (unpaired) electrons. The molecule has 2 heterocycles. The SMILES string of the molecule is c1ccc2c(c1)C1c3ccccc3C2[C@]23Nc4cc5ccccc5cc4[C@]12Nc1cc2ccccc2cc13. The molecule has 2 aliphatic heterocycles. The zero-order valence-corrected chi connectivity index (χ0v) is 20.7. The van der Waals surface area contributed by atoms with Gasteiger partial charge in [-0.25, -0.2) is 0 Å². The van der Waals surface area contributed by atoms with Crippen LogP contribution in [-0.2, 0) is 11.1 Å². The van der Waals surface area contributed by atoms with E-state index >= 15 is 0 Å². The van der Waals surface area contributed by atoms with Gasteiger partial charge in [0.05, 0.1) is 0 Å². The summed E-state index contributed by atoms with van der Waals surface area (Å²) in [5.41, 5.74) is 10.4. The van der Waals surface area contributed by atoms with Crippen LogP contribution in [-0.4, -0.2) is 0 Å². The van der Waals surface area contributed by atoms with Crippen LogP contribution in [0.5, 0.6) is 0 Å². The molecule has 11 rings (SSSR count). The summed E-state index contributed by atoms with van der Waals surface area (Å²) in [7, 11) is 0. The van der Waals surface area contributed by atoms with E-state index in [1.165, 1.54) is 66.3 Å². The van der Waals surface area contributed by atoms with E-state index in [1.54, 1.807) is 0 Å². The van der Waals surface area contributed by atoms with Gasteiger partial charge in [0, 0.05) is 34.3 Å². The van der Waals surface area contributed by atoms with E-state index in [0.29, 0.717) is 0 Å². The smallest absolute Gasteiger partial charge is 0.104 e. The van der Waals surface area contributed by atoms with Gasteiger partial charge in [-0.3, -0.25) is 0 Å². The molecule has 6 aromatic carbocycles. The number of anilines is 2. The van der Waals surface area contributed by atoms with Gasteiger partial charge in [0.1, 0.15) is 11.1 Å². The Bertz CT molecular complexity index is 1830. The molecule has 2 nitrogen and oxygen atoms in total. The van der Waals surface area contributed by atoms with E-state index in [1.807, 2.05) is 0 Å². The van der Waals surface area contributed by atoms with Crippen molar-refractivity contribution in [2.24, 2.45) is 0 Å². The zero-order chi connectivity index (χ0) is 24.6. The van der Waals surface area contributed by atoms with Crippen molar-refractivity contribution in [2.45, 2.75) is 22.9 Å². The Morgan fingerprint density at radius 1 is 0.395 bits per heavy atom. The van der Waals surface area contributed by atoms with Gasteiger partial charge in [0.15, 0.2) is 0 Å². The first-order chi connectivity index (χ1) is 18.8. The summed E-state index contributed by atoms with van der Waals surface area (Å²) < 4.78 is 0. The van der Waals surface area contributed by atoms with Gasteiger partial charge in [-0.15, -0.1) is 0 Å². The van der Waals surface area contributed by atoms with Crippen LogP contribution in [0.25, 0.3) is 21.5 Å². The first kappa shape index (κ1) is 19.5. The monoisotopic (exact) mass is 484 g/mol. The molecule has 178 valence electrons. The Morgan fingerprint density at radius 3 is 1.08 bits per heavy atom. The fraction of sp³-hybridized carbons (Fsp3) is 0.111. The number of benzene rings is 6. The van der Waals surface area contributed by atoms with Crippen LogP contribution >= 0.6 is 0 Å². The molecule has 5 aliphatic rings. The van der Waals surface area contributed by atoms with E-state index < -0.39 is 0 Å². The van der Waals surface area contributed by atoms with Crippen LogP contribution in [0, 0.1) is 0 Å². The molecule has 2 N–H and O–H groups in total. The minimum Gasteiger partial charge on any atom is -0.372 e. The Kier molecular flexibility index (Phi) is 3.23. The van der Waals surface area contributed by atoms with E-state index in [9.17, 15) is 0 Å². The van der Waals surface area contributed by atoms with Crippen molar-refractivity contribution in [2.75, 3.05) is 10.6 Å². The molecule has 0 amide bonds. The lowest BCUT2D eigenvalue weighted by molar-refractivity contribution is 0.214. The highest BCUT2D eigenvalue weighted by atomic mass is 15.2. The average molecular weight is 485 g/mol. The molecular weight excluding hydrogens is 460 g/mol. The first-order valence-corrected chi connectivity index (χ1v) is 13.6. The quantitative estimate of drug-likeness (QED) is 0.227. The van der Waals surface area contributed by atoms with Crippen molar-refractivity contribution in [3.8, 4) is 0 Å². The van der Waals surface area contributed by atoms with Gasteiger partial charge in [-0.1, -0.05) is 97.1 Å². The Labute approximate surface area is 221 Å². The van der Waals surface area contributed by atoms with Gasteiger partial charge >= 0.3 is 0 Å². The lowest BCUT2D eigenvalue weighted by Gasteiger charge is -2.59. The molecule has 2 bridgehead atoms. The topological polar surface area (TPSA) is 24.1 Å². The molecule has 0 saturated heterocycles. The molecule has 3 aliphatic carbocycles. The average Bonchev–Trinajstić information content (AvgIpc) is 3.42. The largest absolute Gasteiger partial charge is 0.372 e. The molecule has 2 heteroatoms. The van der Waals surface area contributed by atoms with Crippen LogP contribution in [0.15, 0.2) is 121 Å². The predicted octanol–water partition coefficient (Wildman–Crippen LogP) is 8.23. The number of fused-ring (bicyclic) bond motifs is 4. The van der Waals surface area contributed by atoms with Crippen molar-refractivity contribution < 1.29 is 0 Å². The van der Waals surface area contributed by atoms with Gasteiger partial charge in [0.2, 0.25) is 0 Å². The van der Waals surface area contributed by atoms with Crippen LogP contribution in [0.3, 0.4) is 0 Å². The highest BCUT2D eigenvalue weighted by molar-refractivity contribution is 5.97. The summed E-state index contributed by atoms with van der Waals surface area (Å²) in [5, 5.41) is 13.7. The summed E-state index contributed by atoms with van der Waals surface area (Å²) in [6.07, 6.45) is 0. The van der Waals surface area contributed by atoms with Crippen molar-refractivity contribution in [3.63, 3.8) is 0 Å². The number of hydrogen-bond acceptors (Lipinski definition) is 2. The third-order valence-corrected chi connectivity index (χ3v) is 10.0. The van der Waals surface area contributed by atoms with Gasteiger partial charge in [-0.05, 0) is 68.1 Å². The summed E-state index contributed by atoms with van der Waals surface area (Å²) >= 11 is 0. The van der Waals surface area contributed by atoms with Crippen molar-refractivity contribution in [3.05, 3.63) is 155 Å². The third kappa shape index (κ3) is 1.94. The van der Waals surface area contributed by atoms with E-state index in [-0.39, 0.29) is 22.9 Å². The maximum atomic E-state index is 4.27. The van der Waals surface area contributed by atoms with E-state index in [0.717, 1.165) is 0 Å².